The van der Waals surface area contributed by atoms with Gasteiger partial charge >= 0.3 is 39.5 Å². The normalized spacial score (nSPS) is 14.4. The van der Waals surface area contributed by atoms with E-state index in [1.807, 2.05) is 0 Å². The highest BCUT2D eigenvalue weighted by atomic mass is 31.2. The Hall–Kier alpha value is -1.94. The summed E-state index contributed by atoms with van der Waals surface area (Å²) in [6.07, 6.45) is 36.7. The number of phosphoric acid groups is 2. The first kappa shape index (κ1) is 83.1. The summed E-state index contributed by atoms with van der Waals surface area (Å²) in [6.45, 7) is 13.9. The quantitative estimate of drug-likeness (QED) is 0.0222. The standard InChI is InChI=1S/C66H128O17P2/c1-56(2)42-34-26-18-15-13-11-9-10-12-14-16-20-30-38-46-63(68)76-52-61(82-65(70)48-40-32-21-17-19-27-35-43-57(3)4)54-80-84(72,73)78-50-60(67)51-79-85(74,75)81-55-62(83-66(71)49-41-33-25-23-29-37-45-59(7)8)53-77-64(69)47-39-31-24-22-28-36-44-58(5)6/h56-62,67H,9-55H2,1-8H3,(H,72,73)(H,74,75)/t60-,61-,62-/m1/s1. The lowest BCUT2D eigenvalue weighted by Crippen LogP contribution is -2.30. The van der Waals surface area contributed by atoms with Crippen molar-refractivity contribution in [1.29, 1.82) is 0 Å². The smallest absolute Gasteiger partial charge is 0.462 e. The molecule has 0 aromatic rings. The van der Waals surface area contributed by atoms with Crippen LogP contribution in [0, 0.1) is 23.7 Å². The van der Waals surface area contributed by atoms with Gasteiger partial charge in [-0.3, -0.25) is 37.3 Å². The molecule has 0 saturated carbocycles. The number of aliphatic hydroxyl groups excluding tert-OH is 1. The zero-order valence-corrected chi connectivity index (χ0v) is 57.0. The fraction of sp³-hybridized carbons (Fsp3) is 0.939. The Bertz CT molecular complexity index is 1700. The van der Waals surface area contributed by atoms with Crippen LogP contribution in [0.15, 0.2) is 0 Å². The first-order chi connectivity index (χ1) is 40.6. The van der Waals surface area contributed by atoms with Gasteiger partial charge in [0.15, 0.2) is 12.2 Å². The Morgan fingerprint density at radius 3 is 0.729 bits per heavy atom. The monoisotopic (exact) mass is 1250 g/mol. The molecular formula is C66H128O17P2. The average Bonchev–Trinajstić information content (AvgIpc) is 3.45. The van der Waals surface area contributed by atoms with Gasteiger partial charge in [-0.1, -0.05) is 267 Å². The van der Waals surface area contributed by atoms with Crippen LogP contribution in [0.4, 0.5) is 0 Å². The maximum Gasteiger partial charge on any atom is 0.472 e. The Morgan fingerprint density at radius 1 is 0.294 bits per heavy atom. The van der Waals surface area contributed by atoms with Gasteiger partial charge in [0, 0.05) is 25.7 Å². The van der Waals surface area contributed by atoms with E-state index >= 15 is 0 Å². The highest BCUT2D eigenvalue weighted by Crippen LogP contribution is 2.45. The molecule has 2 unspecified atom stereocenters. The minimum Gasteiger partial charge on any atom is -0.462 e. The van der Waals surface area contributed by atoms with Gasteiger partial charge in [-0.25, -0.2) is 9.13 Å². The first-order valence-corrected chi connectivity index (χ1v) is 37.2. The van der Waals surface area contributed by atoms with Crippen LogP contribution in [0.25, 0.3) is 0 Å². The molecule has 0 aromatic carbocycles. The van der Waals surface area contributed by atoms with Gasteiger partial charge in [0.25, 0.3) is 0 Å². The van der Waals surface area contributed by atoms with Crippen LogP contribution in [0.5, 0.6) is 0 Å². The second kappa shape index (κ2) is 56.1. The predicted molar refractivity (Wildman–Crippen MR) is 340 cm³/mol. The van der Waals surface area contributed by atoms with E-state index in [1.54, 1.807) is 0 Å². The molecule has 504 valence electrons. The summed E-state index contributed by atoms with van der Waals surface area (Å²) in [4.78, 5) is 72.2. The number of hydrogen-bond acceptors (Lipinski definition) is 15. The molecule has 0 aliphatic heterocycles. The second-order valence-electron chi connectivity index (χ2n) is 25.8. The van der Waals surface area contributed by atoms with Crippen molar-refractivity contribution in [1.82, 2.24) is 0 Å². The van der Waals surface area contributed by atoms with E-state index < -0.39 is 97.5 Å². The molecule has 0 radical (unpaired) electrons. The van der Waals surface area contributed by atoms with Gasteiger partial charge in [0.2, 0.25) is 0 Å². The van der Waals surface area contributed by atoms with Gasteiger partial charge in [0.1, 0.15) is 19.3 Å². The van der Waals surface area contributed by atoms with Crippen molar-refractivity contribution in [3.8, 4) is 0 Å². The molecule has 0 fully saturated rings. The molecule has 0 spiro atoms. The molecule has 0 aliphatic carbocycles. The van der Waals surface area contributed by atoms with Crippen LogP contribution in [0.1, 0.15) is 319 Å². The Balaban J connectivity index is 5.18. The zero-order chi connectivity index (χ0) is 63.2. The molecule has 85 heavy (non-hydrogen) atoms. The van der Waals surface area contributed by atoms with E-state index in [-0.39, 0.29) is 25.7 Å². The van der Waals surface area contributed by atoms with Gasteiger partial charge in [-0.05, 0) is 49.4 Å². The van der Waals surface area contributed by atoms with Crippen molar-refractivity contribution >= 4 is 39.5 Å². The summed E-state index contributed by atoms with van der Waals surface area (Å²) >= 11 is 0. The highest BCUT2D eigenvalue weighted by molar-refractivity contribution is 7.47. The van der Waals surface area contributed by atoms with Crippen molar-refractivity contribution in [2.45, 2.75) is 337 Å². The second-order valence-corrected chi connectivity index (χ2v) is 28.7. The summed E-state index contributed by atoms with van der Waals surface area (Å²) in [5.41, 5.74) is 0. The third-order valence-electron chi connectivity index (χ3n) is 15.1. The Labute approximate surface area is 517 Å². The van der Waals surface area contributed by atoms with Crippen molar-refractivity contribution in [2.75, 3.05) is 39.6 Å². The maximum absolute atomic E-state index is 13.0. The SMILES string of the molecule is CC(C)CCCCCCCCCCCCCCCCC(=O)OC[C@H](COP(=O)(O)OC[C@@H](O)COP(=O)(O)OC[C@@H](COC(=O)CCCCCCCCC(C)C)OC(=O)CCCCCCCCC(C)C)OC(=O)CCCCCCCCCC(C)C. The minimum atomic E-state index is -4.95. The van der Waals surface area contributed by atoms with E-state index in [0.717, 1.165) is 102 Å². The fourth-order valence-corrected chi connectivity index (χ4v) is 11.4. The van der Waals surface area contributed by atoms with E-state index in [2.05, 4.69) is 55.4 Å². The summed E-state index contributed by atoms with van der Waals surface area (Å²) in [7, 11) is -9.89. The van der Waals surface area contributed by atoms with Gasteiger partial charge in [-0.2, -0.15) is 0 Å². The molecule has 0 amide bonds. The number of rotatable bonds is 63. The maximum atomic E-state index is 13.0. The summed E-state index contributed by atoms with van der Waals surface area (Å²) < 4.78 is 68.0. The molecule has 0 heterocycles. The summed E-state index contributed by atoms with van der Waals surface area (Å²) in [6, 6.07) is 0. The van der Waals surface area contributed by atoms with Crippen LogP contribution in [0.3, 0.4) is 0 Å². The van der Waals surface area contributed by atoms with Crippen LogP contribution in [-0.2, 0) is 65.4 Å². The van der Waals surface area contributed by atoms with Crippen molar-refractivity contribution in [3.63, 3.8) is 0 Å². The summed E-state index contributed by atoms with van der Waals surface area (Å²) in [5.74, 6) is 0.701. The van der Waals surface area contributed by atoms with Crippen molar-refractivity contribution in [3.05, 3.63) is 0 Å². The number of hydrogen-bond donors (Lipinski definition) is 3. The number of aliphatic hydroxyl groups is 1. The van der Waals surface area contributed by atoms with E-state index in [1.165, 1.54) is 116 Å². The van der Waals surface area contributed by atoms with E-state index in [0.29, 0.717) is 43.4 Å². The zero-order valence-electron chi connectivity index (χ0n) is 55.2. The number of carbonyl (C=O) groups excluding carboxylic acids is 4. The van der Waals surface area contributed by atoms with Gasteiger partial charge in [-0.15, -0.1) is 0 Å². The summed E-state index contributed by atoms with van der Waals surface area (Å²) in [5, 5.41) is 10.5. The first-order valence-electron chi connectivity index (χ1n) is 34.2. The molecule has 0 rings (SSSR count). The van der Waals surface area contributed by atoms with Gasteiger partial charge in [0.05, 0.1) is 26.4 Å². The molecule has 0 aliphatic rings. The molecule has 3 N–H and O–H groups in total. The number of unbranched alkanes of at least 4 members (excludes halogenated alkanes) is 29. The van der Waals surface area contributed by atoms with E-state index in [9.17, 15) is 43.2 Å². The predicted octanol–water partition coefficient (Wildman–Crippen LogP) is 18.1. The Kier molecular flexibility index (Phi) is 54.8. The molecule has 0 saturated heterocycles. The Morgan fingerprint density at radius 2 is 0.494 bits per heavy atom. The third-order valence-corrected chi connectivity index (χ3v) is 17.0. The molecule has 0 aromatic heterocycles. The van der Waals surface area contributed by atoms with Crippen LogP contribution in [-0.4, -0.2) is 96.7 Å². The lowest BCUT2D eigenvalue weighted by atomic mass is 10.0. The largest absolute Gasteiger partial charge is 0.472 e. The number of esters is 4. The van der Waals surface area contributed by atoms with E-state index in [4.69, 9.17) is 37.0 Å². The average molecular weight is 1260 g/mol. The highest BCUT2D eigenvalue weighted by Gasteiger charge is 2.30. The minimum absolute atomic E-state index is 0.100. The molecule has 17 nitrogen and oxygen atoms in total. The fourth-order valence-electron chi connectivity index (χ4n) is 9.78. The lowest BCUT2D eigenvalue weighted by molar-refractivity contribution is -0.161. The number of carbonyl (C=O) groups is 4. The third kappa shape index (κ3) is 60.7. The van der Waals surface area contributed by atoms with Crippen LogP contribution >= 0.6 is 15.6 Å². The topological polar surface area (TPSA) is 237 Å². The molecular weight excluding hydrogens is 1130 g/mol. The van der Waals surface area contributed by atoms with Gasteiger partial charge < -0.3 is 33.8 Å². The molecule has 5 atom stereocenters. The van der Waals surface area contributed by atoms with Crippen molar-refractivity contribution in [2.24, 2.45) is 23.7 Å². The van der Waals surface area contributed by atoms with Crippen LogP contribution in [0.2, 0.25) is 0 Å². The lowest BCUT2D eigenvalue weighted by Gasteiger charge is -2.21. The molecule has 0 bridgehead atoms. The van der Waals surface area contributed by atoms with Crippen LogP contribution < -0.4 is 0 Å². The number of ether oxygens (including phenoxy) is 4. The number of phosphoric ester groups is 2. The molecule has 19 heteroatoms. The van der Waals surface area contributed by atoms with Crippen molar-refractivity contribution < 1.29 is 80.2 Å².